The first-order valence-electron chi connectivity index (χ1n) is 15.5. The Morgan fingerprint density at radius 3 is 2.16 bits per heavy atom. The van der Waals surface area contributed by atoms with Crippen LogP contribution in [0.3, 0.4) is 0 Å². The molecule has 0 aliphatic carbocycles. The SMILES string of the molecule is C=C(OCC)c1cc(Nc2cc(C)n(C(C)(C)C)n2)nc(C[C@]2(C(=O)O)CCN(C(=O)O)[C@@](C)(C(C)(C)C)C2C(C)(C)C)c1F. The van der Waals surface area contributed by atoms with Crippen molar-refractivity contribution in [1.29, 1.82) is 0 Å². The number of anilines is 2. The number of carboxylic acid groups (broad SMARTS) is 2. The lowest BCUT2D eigenvalue weighted by molar-refractivity contribution is -0.188. The van der Waals surface area contributed by atoms with Gasteiger partial charge in [0.15, 0.2) is 11.6 Å². The number of halogens is 1. The minimum Gasteiger partial charge on any atom is -0.494 e. The fraction of sp³-hybridized carbons (Fsp3) is 0.647. The smallest absolute Gasteiger partial charge is 0.407 e. The quantitative estimate of drug-likeness (QED) is 0.253. The monoisotopic (exact) mass is 629 g/mol. The molecular formula is C34H52FN5O5. The van der Waals surface area contributed by atoms with Gasteiger partial charge in [-0.25, -0.2) is 14.2 Å². The number of carboxylic acids is 1. The number of rotatable bonds is 8. The summed E-state index contributed by atoms with van der Waals surface area (Å²) in [6.07, 6.45) is -1.40. The van der Waals surface area contributed by atoms with E-state index in [1.165, 1.54) is 11.0 Å². The molecule has 45 heavy (non-hydrogen) atoms. The van der Waals surface area contributed by atoms with Gasteiger partial charge in [-0.2, -0.15) is 5.10 Å². The Morgan fingerprint density at radius 2 is 1.71 bits per heavy atom. The number of ether oxygens (including phenoxy) is 1. The van der Waals surface area contributed by atoms with Crippen LogP contribution in [0, 0.1) is 34.9 Å². The van der Waals surface area contributed by atoms with Gasteiger partial charge in [-0.05, 0) is 64.9 Å². The van der Waals surface area contributed by atoms with Crippen molar-refractivity contribution in [2.24, 2.45) is 22.2 Å². The molecule has 3 atom stereocenters. The zero-order valence-electron chi connectivity index (χ0n) is 29.1. The highest BCUT2D eigenvalue weighted by Gasteiger charge is 2.66. The molecule has 250 valence electrons. The van der Waals surface area contributed by atoms with Crippen LogP contribution >= 0.6 is 0 Å². The Bertz CT molecular complexity index is 1460. The summed E-state index contributed by atoms with van der Waals surface area (Å²) in [6.45, 7) is 27.3. The number of hydrogen-bond donors (Lipinski definition) is 3. The molecule has 1 amide bonds. The normalized spacial score (nSPS) is 22.7. The predicted octanol–water partition coefficient (Wildman–Crippen LogP) is 7.70. The summed E-state index contributed by atoms with van der Waals surface area (Å²) >= 11 is 0. The van der Waals surface area contributed by atoms with Gasteiger partial charge in [-0.3, -0.25) is 9.48 Å². The molecule has 10 nitrogen and oxygen atoms in total. The van der Waals surface area contributed by atoms with Crippen LogP contribution in [0.1, 0.15) is 99.5 Å². The number of aryl methyl sites for hydroxylation is 1. The summed E-state index contributed by atoms with van der Waals surface area (Å²) in [7, 11) is 0. The topological polar surface area (TPSA) is 130 Å². The summed E-state index contributed by atoms with van der Waals surface area (Å²) < 4.78 is 24.0. The van der Waals surface area contributed by atoms with Crippen LogP contribution in [0.4, 0.5) is 20.8 Å². The molecule has 0 spiro atoms. The highest BCUT2D eigenvalue weighted by Crippen LogP contribution is 2.60. The third-order valence-corrected chi connectivity index (χ3v) is 9.41. The van der Waals surface area contributed by atoms with E-state index in [-0.39, 0.29) is 54.4 Å². The highest BCUT2D eigenvalue weighted by atomic mass is 19.1. The number of aliphatic carboxylic acids is 1. The second-order valence-corrected chi connectivity index (χ2v) is 15.6. The zero-order valence-corrected chi connectivity index (χ0v) is 29.1. The van der Waals surface area contributed by atoms with E-state index in [1.807, 2.05) is 86.9 Å². The number of nitrogens with one attached hydrogen (secondary N) is 1. The standard InChI is InChI=1S/C34H52FN5O5/c1-14-45-21(3)22-18-24(37-25-17-20(2)40(38-25)32(10,11)12)36-23(26(22)35)19-34(28(41)42)15-16-39(29(43)44)33(13,31(7,8)9)27(34)30(4,5)6/h17-18,27H,3,14-16,19H2,1-2,4-13H3,(H,41,42)(H,43,44)(H,36,37,38)/t27?,33-,34-/m1/s1. The van der Waals surface area contributed by atoms with Gasteiger partial charge in [0.2, 0.25) is 0 Å². The molecule has 3 N–H and O–H groups in total. The van der Waals surface area contributed by atoms with Crippen LogP contribution < -0.4 is 5.32 Å². The van der Waals surface area contributed by atoms with E-state index in [0.29, 0.717) is 5.82 Å². The number of amides is 1. The van der Waals surface area contributed by atoms with Crippen molar-refractivity contribution in [1.82, 2.24) is 19.7 Å². The van der Waals surface area contributed by atoms with Gasteiger partial charge >= 0.3 is 12.1 Å². The molecule has 0 radical (unpaired) electrons. The maximum Gasteiger partial charge on any atom is 0.407 e. The number of aromatic nitrogens is 3. The fourth-order valence-electron chi connectivity index (χ4n) is 7.55. The van der Waals surface area contributed by atoms with Crippen molar-refractivity contribution in [3.8, 4) is 0 Å². The second-order valence-electron chi connectivity index (χ2n) is 15.6. The van der Waals surface area contributed by atoms with E-state index in [4.69, 9.17) is 4.74 Å². The molecule has 3 rings (SSSR count). The summed E-state index contributed by atoms with van der Waals surface area (Å²) in [5, 5.41) is 29.3. The molecule has 2 aromatic heterocycles. The van der Waals surface area contributed by atoms with E-state index >= 15 is 4.39 Å². The van der Waals surface area contributed by atoms with Crippen LogP contribution in [-0.2, 0) is 21.5 Å². The third-order valence-electron chi connectivity index (χ3n) is 9.41. The van der Waals surface area contributed by atoms with E-state index in [0.717, 1.165) is 5.69 Å². The van der Waals surface area contributed by atoms with Crippen molar-refractivity contribution in [3.05, 3.63) is 41.5 Å². The van der Waals surface area contributed by atoms with Crippen LogP contribution in [-0.4, -0.2) is 60.6 Å². The van der Waals surface area contributed by atoms with Gasteiger partial charge in [0.05, 0.1) is 34.4 Å². The minimum absolute atomic E-state index is 0.0159. The van der Waals surface area contributed by atoms with Crippen molar-refractivity contribution >= 4 is 29.5 Å². The predicted molar refractivity (Wildman–Crippen MR) is 174 cm³/mol. The first kappa shape index (κ1) is 35.8. The minimum atomic E-state index is -1.56. The van der Waals surface area contributed by atoms with Gasteiger partial charge in [0.1, 0.15) is 11.6 Å². The Labute approximate surface area is 267 Å². The lowest BCUT2D eigenvalue weighted by Crippen LogP contribution is -2.72. The van der Waals surface area contributed by atoms with Gasteiger partial charge < -0.3 is 25.2 Å². The summed E-state index contributed by atoms with van der Waals surface area (Å²) in [5.74, 6) is -1.73. The van der Waals surface area contributed by atoms with Crippen molar-refractivity contribution in [2.45, 2.75) is 107 Å². The van der Waals surface area contributed by atoms with E-state index in [2.05, 4.69) is 22.0 Å². The van der Waals surface area contributed by atoms with Crippen LogP contribution in [0.2, 0.25) is 0 Å². The molecule has 3 heterocycles. The zero-order chi connectivity index (χ0) is 34.5. The number of likely N-dealkylation sites (tertiary alicyclic amines) is 1. The largest absolute Gasteiger partial charge is 0.494 e. The highest BCUT2D eigenvalue weighted by molar-refractivity contribution is 5.78. The van der Waals surface area contributed by atoms with Gasteiger partial charge in [-0.15, -0.1) is 0 Å². The third kappa shape index (κ3) is 6.53. The number of carbonyl (C=O) groups is 2. The average molecular weight is 630 g/mol. The lowest BCUT2D eigenvalue weighted by Gasteiger charge is -2.64. The molecule has 1 saturated heterocycles. The molecule has 1 aliphatic rings. The molecule has 1 fully saturated rings. The van der Waals surface area contributed by atoms with Crippen LogP contribution in [0.25, 0.3) is 5.76 Å². The van der Waals surface area contributed by atoms with Crippen LogP contribution in [0.5, 0.6) is 0 Å². The summed E-state index contributed by atoms with van der Waals surface area (Å²) in [6, 6.07) is 3.35. The Hall–Kier alpha value is -3.63. The molecule has 2 aromatic rings. The Balaban J connectivity index is 2.29. The van der Waals surface area contributed by atoms with Crippen molar-refractivity contribution < 1.29 is 28.9 Å². The molecule has 1 unspecified atom stereocenters. The number of nitrogens with zero attached hydrogens (tertiary/aromatic N) is 4. The molecule has 0 bridgehead atoms. The fourth-order valence-corrected chi connectivity index (χ4v) is 7.55. The number of hydrogen-bond acceptors (Lipinski definition) is 6. The summed E-state index contributed by atoms with van der Waals surface area (Å²) in [5.41, 5.74) is -3.43. The van der Waals surface area contributed by atoms with Crippen molar-refractivity contribution in [2.75, 3.05) is 18.5 Å². The van der Waals surface area contributed by atoms with Crippen molar-refractivity contribution in [3.63, 3.8) is 0 Å². The first-order valence-corrected chi connectivity index (χ1v) is 15.5. The molecule has 0 aromatic carbocycles. The van der Waals surface area contributed by atoms with E-state index in [1.54, 1.807) is 6.92 Å². The van der Waals surface area contributed by atoms with Gasteiger partial charge in [-0.1, -0.05) is 48.1 Å². The lowest BCUT2D eigenvalue weighted by atomic mass is 9.47. The summed E-state index contributed by atoms with van der Waals surface area (Å²) in [4.78, 5) is 32.2. The van der Waals surface area contributed by atoms with Gasteiger partial charge in [0, 0.05) is 30.6 Å². The molecular weight excluding hydrogens is 577 g/mol. The molecule has 0 saturated carbocycles. The van der Waals surface area contributed by atoms with Crippen LogP contribution in [0.15, 0.2) is 18.7 Å². The Kier molecular flexibility index (Phi) is 9.52. The average Bonchev–Trinajstić information content (AvgIpc) is 3.24. The number of pyridine rings is 1. The van der Waals surface area contributed by atoms with E-state index in [9.17, 15) is 19.8 Å². The molecule has 11 heteroatoms. The van der Waals surface area contributed by atoms with Gasteiger partial charge in [0.25, 0.3) is 0 Å². The Morgan fingerprint density at radius 1 is 1.11 bits per heavy atom. The maximum atomic E-state index is 16.5. The maximum absolute atomic E-state index is 16.5. The second kappa shape index (κ2) is 11.9. The first-order chi connectivity index (χ1) is 20.4. The molecule has 1 aliphatic heterocycles. The number of piperidine rings is 1. The van der Waals surface area contributed by atoms with E-state index < -0.39 is 45.6 Å².